The van der Waals surface area contributed by atoms with Crippen molar-refractivity contribution in [1.82, 2.24) is 0 Å². The molecular weight excluding hydrogens is 286 g/mol. The quantitative estimate of drug-likeness (QED) is 0.926. The number of thiophene rings is 1. The summed E-state index contributed by atoms with van der Waals surface area (Å²) in [6, 6.07) is 9.11. The Kier molecular flexibility index (Phi) is 3.29. The zero-order valence-electron chi connectivity index (χ0n) is 11.8. The van der Waals surface area contributed by atoms with Crippen molar-refractivity contribution in [3.63, 3.8) is 0 Å². The lowest BCUT2D eigenvalue weighted by molar-refractivity contribution is -0.138. The number of hydrogen-bond donors (Lipinski definition) is 1. The van der Waals surface area contributed by atoms with Gasteiger partial charge in [0.15, 0.2) is 0 Å². The molecule has 1 atom stereocenters. The molecule has 21 heavy (non-hydrogen) atoms. The van der Waals surface area contributed by atoms with Gasteiger partial charge in [-0.2, -0.15) is 0 Å². The van der Waals surface area contributed by atoms with Crippen LogP contribution in [0.15, 0.2) is 30.3 Å². The van der Waals surface area contributed by atoms with Gasteiger partial charge in [-0.25, -0.2) is 0 Å². The fourth-order valence-electron chi connectivity index (χ4n) is 2.80. The van der Waals surface area contributed by atoms with Gasteiger partial charge in [0.25, 0.3) is 5.91 Å². The molecule has 4 nitrogen and oxygen atoms in total. The second-order valence-electron chi connectivity index (χ2n) is 5.19. The lowest BCUT2D eigenvalue weighted by atomic mass is 10.0. The molecule has 0 fully saturated rings. The summed E-state index contributed by atoms with van der Waals surface area (Å²) in [4.78, 5) is 27.8. The van der Waals surface area contributed by atoms with Gasteiger partial charge in [0.1, 0.15) is 5.92 Å². The number of rotatable bonds is 2. The first kappa shape index (κ1) is 13.8. The molecule has 3 rings (SSSR count). The highest BCUT2D eigenvalue weighted by molar-refractivity contribution is 7.12. The molecule has 0 spiro atoms. The average Bonchev–Trinajstić information content (AvgIpc) is 2.98. The molecule has 1 aromatic heterocycles. The second kappa shape index (κ2) is 5.00. The summed E-state index contributed by atoms with van der Waals surface area (Å²) < 4.78 is 0. The highest BCUT2D eigenvalue weighted by Crippen LogP contribution is 2.37. The molecule has 1 amide bonds. The fraction of sp³-hybridized carbons (Fsp3) is 0.250. The number of aliphatic carboxylic acids is 1. The van der Waals surface area contributed by atoms with E-state index in [9.17, 15) is 14.7 Å². The van der Waals surface area contributed by atoms with E-state index in [1.165, 1.54) is 0 Å². The van der Waals surface area contributed by atoms with E-state index >= 15 is 0 Å². The van der Waals surface area contributed by atoms with Crippen molar-refractivity contribution in [3.05, 3.63) is 51.2 Å². The van der Waals surface area contributed by atoms with Crippen molar-refractivity contribution in [2.24, 2.45) is 0 Å². The van der Waals surface area contributed by atoms with E-state index in [0.29, 0.717) is 16.8 Å². The molecule has 0 aliphatic carbocycles. The molecule has 0 saturated heterocycles. The molecule has 2 heterocycles. The van der Waals surface area contributed by atoms with Crippen molar-refractivity contribution in [1.29, 1.82) is 0 Å². The number of carbonyl (C=O) groups excluding carboxylic acids is 1. The predicted octanol–water partition coefficient (Wildman–Crippen LogP) is 3.19. The molecule has 5 heteroatoms. The van der Waals surface area contributed by atoms with Crippen LogP contribution in [-0.2, 0) is 4.79 Å². The third-order valence-corrected chi connectivity index (χ3v) is 4.75. The first-order valence-electron chi connectivity index (χ1n) is 6.69. The van der Waals surface area contributed by atoms with Gasteiger partial charge in [-0.15, -0.1) is 11.3 Å². The third-order valence-electron chi connectivity index (χ3n) is 3.78. The standard InChI is InChI=1S/C16H15NO3S/c1-9-7-12(10(2)21-9)15(18)17-8-13(16(19)20)11-5-3-4-6-14(11)17/h3-7,13H,8H2,1-2H3,(H,19,20)/t13-/m0/s1. The summed E-state index contributed by atoms with van der Waals surface area (Å²) in [5.74, 6) is -1.66. The van der Waals surface area contributed by atoms with Crippen LogP contribution in [0.2, 0.25) is 0 Å². The van der Waals surface area contributed by atoms with Gasteiger partial charge in [0, 0.05) is 22.0 Å². The summed E-state index contributed by atoms with van der Waals surface area (Å²) in [7, 11) is 0. The molecular formula is C16H15NO3S. The molecule has 1 aliphatic heterocycles. The number of aryl methyl sites for hydroxylation is 2. The van der Waals surface area contributed by atoms with Gasteiger partial charge in [-0.05, 0) is 31.5 Å². The van der Waals surface area contributed by atoms with Crippen LogP contribution < -0.4 is 4.90 Å². The number of fused-ring (bicyclic) bond motifs is 1. The zero-order valence-corrected chi connectivity index (χ0v) is 12.6. The van der Waals surface area contributed by atoms with Crippen molar-refractivity contribution < 1.29 is 14.7 Å². The minimum Gasteiger partial charge on any atom is -0.481 e. The van der Waals surface area contributed by atoms with Crippen LogP contribution in [0.4, 0.5) is 5.69 Å². The second-order valence-corrected chi connectivity index (χ2v) is 6.65. The fourth-order valence-corrected chi connectivity index (χ4v) is 3.72. The van der Waals surface area contributed by atoms with E-state index in [-0.39, 0.29) is 12.5 Å². The lowest BCUT2D eigenvalue weighted by Crippen LogP contribution is -2.31. The normalized spacial score (nSPS) is 16.9. The van der Waals surface area contributed by atoms with E-state index in [2.05, 4.69) is 0 Å². The maximum absolute atomic E-state index is 12.8. The number of carboxylic acid groups (broad SMARTS) is 1. The van der Waals surface area contributed by atoms with Crippen molar-refractivity contribution in [2.45, 2.75) is 19.8 Å². The van der Waals surface area contributed by atoms with Gasteiger partial charge in [-0.3, -0.25) is 9.59 Å². The van der Waals surface area contributed by atoms with Crippen molar-refractivity contribution in [2.75, 3.05) is 11.4 Å². The minimum absolute atomic E-state index is 0.118. The number of hydrogen-bond acceptors (Lipinski definition) is 3. The zero-order chi connectivity index (χ0) is 15.1. The van der Waals surface area contributed by atoms with Crippen molar-refractivity contribution in [3.8, 4) is 0 Å². The Balaban J connectivity index is 2.02. The molecule has 1 aromatic carbocycles. The Morgan fingerprint density at radius 1 is 1.29 bits per heavy atom. The van der Waals surface area contributed by atoms with Gasteiger partial charge >= 0.3 is 5.97 Å². The Hall–Kier alpha value is -2.14. The number of carboxylic acids is 1. The molecule has 108 valence electrons. The summed E-state index contributed by atoms with van der Waals surface area (Å²) in [5.41, 5.74) is 2.08. The average molecular weight is 301 g/mol. The Bertz CT molecular complexity index is 735. The first-order valence-corrected chi connectivity index (χ1v) is 7.51. The SMILES string of the molecule is Cc1cc(C(=O)N2C[C@H](C(=O)O)c3ccccc32)c(C)s1. The van der Waals surface area contributed by atoms with E-state index in [0.717, 1.165) is 9.75 Å². The van der Waals surface area contributed by atoms with E-state index in [4.69, 9.17) is 0 Å². The summed E-state index contributed by atoms with van der Waals surface area (Å²) in [6.07, 6.45) is 0. The van der Waals surface area contributed by atoms with E-state index < -0.39 is 11.9 Å². The third kappa shape index (κ3) is 2.23. The summed E-state index contributed by atoms with van der Waals surface area (Å²) in [5, 5.41) is 9.35. The first-order chi connectivity index (χ1) is 9.99. The van der Waals surface area contributed by atoms with E-state index in [1.807, 2.05) is 38.1 Å². The number of para-hydroxylation sites is 1. The maximum Gasteiger partial charge on any atom is 0.312 e. The molecule has 2 aromatic rings. The molecule has 0 bridgehead atoms. The Morgan fingerprint density at radius 2 is 2.00 bits per heavy atom. The minimum atomic E-state index is -0.893. The van der Waals surface area contributed by atoms with Gasteiger partial charge < -0.3 is 10.0 Å². The van der Waals surface area contributed by atoms with E-state index in [1.54, 1.807) is 22.3 Å². The van der Waals surface area contributed by atoms with Crippen LogP contribution in [0.3, 0.4) is 0 Å². The number of amides is 1. The summed E-state index contributed by atoms with van der Waals surface area (Å²) in [6.45, 7) is 4.08. The topological polar surface area (TPSA) is 57.6 Å². The van der Waals surface area contributed by atoms with Gasteiger partial charge in [0.2, 0.25) is 0 Å². The molecule has 0 unspecified atom stereocenters. The highest BCUT2D eigenvalue weighted by atomic mass is 32.1. The van der Waals surface area contributed by atoms with Crippen LogP contribution in [-0.4, -0.2) is 23.5 Å². The number of carbonyl (C=O) groups is 2. The van der Waals surface area contributed by atoms with Crippen LogP contribution >= 0.6 is 11.3 Å². The van der Waals surface area contributed by atoms with Crippen LogP contribution in [0.1, 0.15) is 31.6 Å². The van der Waals surface area contributed by atoms with Crippen LogP contribution in [0, 0.1) is 13.8 Å². The lowest BCUT2D eigenvalue weighted by Gasteiger charge is -2.17. The van der Waals surface area contributed by atoms with Crippen LogP contribution in [0.25, 0.3) is 0 Å². The largest absolute Gasteiger partial charge is 0.481 e. The van der Waals surface area contributed by atoms with Crippen molar-refractivity contribution >= 4 is 28.9 Å². The molecule has 0 radical (unpaired) electrons. The Morgan fingerprint density at radius 3 is 2.62 bits per heavy atom. The molecule has 1 N–H and O–H groups in total. The summed E-state index contributed by atoms with van der Waals surface area (Å²) >= 11 is 1.58. The molecule has 0 saturated carbocycles. The molecule has 1 aliphatic rings. The smallest absolute Gasteiger partial charge is 0.312 e. The highest BCUT2D eigenvalue weighted by Gasteiger charge is 2.37. The van der Waals surface area contributed by atoms with Gasteiger partial charge in [-0.1, -0.05) is 18.2 Å². The monoisotopic (exact) mass is 301 g/mol. The number of benzene rings is 1. The van der Waals surface area contributed by atoms with Gasteiger partial charge in [0.05, 0.1) is 5.56 Å². The number of nitrogens with zero attached hydrogens (tertiary/aromatic N) is 1. The van der Waals surface area contributed by atoms with Crippen LogP contribution in [0.5, 0.6) is 0 Å². The Labute approximate surface area is 126 Å². The maximum atomic E-state index is 12.8. The predicted molar refractivity (Wildman–Crippen MR) is 82.3 cm³/mol. The number of anilines is 1.